The van der Waals surface area contributed by atoms with E-state index in [1.165, 1.54) is 0 Å². The highest BCUT2D eigenvalue weighted by Crippen LogP contribution is 2.32. The molecule has 2 aromatic heterocycles. The van der Waals surface area contributed by atoms with E-state index in [4.69, 9.17) is 0 Å². The van der Waals surface area contributed by atoms with Gasteiger partial charge in [0.05, 0.1) is 0 Å². The molecule has 3 rings (SSSR count). The zero-order valence-electron chi connectivity index (χ0n) is 12.8. The smallest absolute Gasteiger partial charge is 0.266 e. The Morgan fingerprint density at radius 3 is 2.55 bits per heavy atom. The van der Waals surface area contributed by atoms with Crippen LogP contribution in [0.5, 0.6) is 0 Å². The van der Waals surface area contributed by atoms with E-state index in [0.717, 1.165) is 22.2 Å². The van der Waals surface area contributed by atoms with Crippen LogP contribution in [0.3, 0.4) is 0 Å². The van der Waals surface area contributed by atoms with E-state index in [9.17, 15) is 10.1 Å². The van der Waals surface area contributed by atoms with Crippen LogP contribution < -0.4 is 5.56 Å². The average molecular weight is 291 g/mol. The van der Waals surface area contributed by atoms with E-state index in [2.05, 4.69) is 9.97 Å². The number of nitrogens with one attached hydrogen (secondary N) is 2. The van der Waals surface area contributed by atoms with E-state index in [0.29, 0.717) is 5.56 Å². The van der Waals surface area contributed by atoms with Crippen molar-refractivity contribution >= 4 is 10.9 Å². The molecule has 0 saturated heterocycles. The van der Waals surface area contributed by atoms with Crippen LogP contribution in [0.4, 0.5) is 0 Å². The van der Waals surface area contributed by atoms with Crippen LogP contribution in [0.2, 0.25) is 0 Å². The van der Waals surface area contributed by atoms with Crippen molar-refractivity contribution in [2.24, 2.45) is 0 Å². The summed E-state index contributed by atoms with van der Waals surface area (Å²) < 4.78 is 0. The number of aromatic amines is 2. The molecule has 0 unspecified atom stereocenters. The number of H-pyrrole nitrogens is 2. The molecule has 0 fully saturated rings. The fraction of sp³-hybridized carbons (Fsp3) is 0.222. The van der Waals surface area contributed by atoms with E-state index >= 15 is 0 Å². The summed E-state index contributed by atoms with van der Waals surface area (Å²) in [5, 5.41) is 10.4. The Morgan fingerprint density at radius 2 is 1.86 bits per heavy atom. The number of rotatable bonds is 1. The lowest BCUT2D eigenvalue weighted by Crippen LogP contribution is -2.22. The van der Waals surface area contributed by atoms with E-state index in [-0.39, 0.29) is 16.5 Å². The molecule has 0 aliphatic heterocycles. The lowest BCUT2D eigenvalue weighted by molar-refractivity contribution is 0.567. The van der Waals surface area contributed by atoms with Crippen molar-refractivity contribution in [3.05, 3.63) is 58.1 Å². The molecule has 1 aromatic carbocycles. The first-order chi connectivity index (χ1) is 10.4. The van der Waals surface area contributed by atoms with Gasteiger partial charge in [-0.2, -0.15) is 5.26 Å². The van der Waals surface area contributed by atoms with Gasteiger partial charge in [0.1, 0.15) is 11.6 Å². The maximum Gasteiger partial charge on any atom is 0.266 e. The molecule has 0 aliphatic carbocycles. The second-order valence-electron chi connectivity index (χ2n) is 6.41. The standard InChI is InChI=1S/C18H17N3O/c1-18(2,3)16-8-12(13(9-19)17(22)21-16)14-10-20-15-7-5-4-6-11(14)15/h4-8,10,20H,1-3H3,(H,21,22). The maximum absolute atomic E-state index is 12.3. The molecule has 0 bridgehead atoms. The van der Waals surface area contributed by atoms with Gasteiger partial charge in [0.25, 0.3) is 5.56 Å². The maximum atomic E-state index is 12.3. The van der Waals surface area contributed by atoms with Crippen molar-refractivity contribution in [1.29, 1.82) is 5.26 Å². The lowest BCUT2D eigenvalue weighted by Gasteiger charge is -2.19. The Bertz CT molecular complexity index is 949. The van der Waals surface area contributed by atoms with Crippen LogP contribution in [0.25, 0.3) is 22.0 Å². The third-order valence-electron chi connectivity index (χ3n) is 3.83. The number of pyridine rings is 1. The van der Waals surface area contributed by atoms with Gasteiger partial charge in [-0.15, -0.1) is 0 Å². The molecule has 0 aliphatic rings. The molecule has 0 saturated carbocycles. The number of benzene rings is 1. The summed E-state index contributed by atoms with van der Waals surface area (Å²) in [4.78, 5) is 18.3. The van der Waals surface area contributed by atoms with Crippen molar-refractivity contribution in [1.82, 2.24) is 9.97 Å². The molecule has 0 atom stereocenters. The second kappa shape index (κ2) is 4.88. The monoisotopic (exact) mass is 291 g/mol. The van der Waals surface area contributed by atoms with Crippen molar-refractivity contribution in [2.75, 3.05) is 0 Å². The van der Waals surface area contributed by atoms with Crippen LogP contribution in [-0.2, 0) is 5.41 Å². The van der Waals surface area contributed by atoms with Gasteiger partial charge >= 0.3 is 0 Å². The van der Waals surface area contributed by atoms with Gasteiger partial charge in [0.15, 0.2) is 0 Å². The Hall–Kier alpha value is -2.80. The van der Waals surface area contributed by atoms with Crippen LogP contribution in [0.15, 0.2) is 41.3 Å². The number of aromatic nitrogens is 2. The predicted octanol–water partition coefficient (Wildman–Crippen LogP) is 3.69. The Morgan fingerprint density at radius 1 is 1.14 bits per heavy atom. The van der Waals surface area contributed by atoms with Gasteiger partial charge in [0.2, 0.25) is 0 Å². The van der Waals surface area contributed by atoms with Gasteiger partial charge < -0.3 is 9.97 Å². The van der Waals surface area contributed by atoms with Gasteiger partial charge in [-0.1, -0.05) is 39.0 Å². The molecule has 0 spiro atoms. The van der Waals surface area contributed by atoms with Crippen molar-refractivity contribution in [3.63, 3.8) is 0 Å². The van der Waals surface area contributed by atoms with Crippen molar-refractivity contribution < 1.29 is 0 Å². The topological polar surface area (TPSA) is 72.4 Å². The first-order valence-corrected chi connectivity index (χ1v) is 7.16. The van der Waals surface area contributed by atoms with Crippen LogP contribution in [0, 0.1) is 11.3 Å². The summed E-state index contributed by atoms with van der Waals surface area (Å²) in [5.41, 5.74) is 2.97. The molecule has 2 heterocycles. The molecular formula is C18H17N3O. The minimum absolute atomic E-state index is 0.151. The molecule has 2 N–H and O–H groups in total. The Labute approximate surface area is 128 Å². The Kier molecular flexibility index (Phi) is 3.14. The molecule has 0 radical (unpaired) electrons. The summed E-state index contributed by atoms with van der Waals surface area (Å²) in [5.74, 6) is 0. The van der Waals surface area contributed by atoms with Gasteiger partial charge in [-0.05, 0) is 12.1 Å². The quantitative estimate of drug-likeness (QED) is 0.717. The highest BCUT2D eigenvalue weighted by Gasteiger charge is 2.20. The fourth-order valence-electron chi connectivity index (χ4n) is 2.58. The van der Waals surface area contributed by atoms with Gasteiger partial charge in [-0.25, -0.2) is 0 Å². The highest BCUT2D eigenvalue weighted by molar-refractivity contribution is 5.96. The molecule has 4 nitrogen and oxygen atoms in total. The van der Waals surface area contributed by atoms with Crippen molar-refractivity contribution in [2.45, 2.75) is 26.2 Å². The first-order valence-electron chi connectivity index (χ1n) is 7.16. The second-order valence-corrected chi connectivity index (χ2v) is 6.41. The molecule has 3 aromatic rings. The van der Waals surface area contributed by atoms with Crippen LogP contribution >= 0.6 is 0 Å². The third kappa shape index (κ3) is 2.21. The fourth-order valence-corrected chi connectivity index (χ4v) is 2.58. The molecule has 22 heavy (non-hydrogen) atoms. The number of hydrogen-bond donors (Lipinski definition) is 2. The zero-order chi connectivity index (χ0) is 15.9. The average Bonchev–Trinajstić information content (AvgIpc) is 2.89. The summed E-state index contributed by atoms with van der Waals surface area (Å²) >= 11 is 0. The SMILES string of the molecule is CC(C)(C)c1cc(-c2c[nH]c3ccccc23)c(C#N)c(=O)[nH]1. The molecule has 0 amide bonds. The minimum atomic E-state index is -0.338. The number of para-hydroxylation sites is 1. The van der Waals surface area contributed by atoms with Gasteiger partial charge in [0, 0.05) is 39.3 Å². The third-order valence-corrected chi connectivity index (χ3v) is 3.83. The summed E-state index contributed by atoms with van der Waals surface area (Å²) in [6.07, 6.45) is 1.85. The summed E-state index contributed by atoms with van der Waals surface area (Å²) in [7, 11) is 0. The number of nitriles is 1. The summed E-state index contributed by atoms with van der Waals surface area (Å²) in [6, 6.07) is 11.8. The highest BCUT2D eigenvalue weighted by atomic mass is 16.1. The normalized spacial score (nSPS) is 11.5. The molecular weight excluding hydrogens is 274 g/mol. The molecule has 110 valence electrons. The minimum Gasteiger partial charge on any atom is -0.361 e. The number of fused-ring (bicyclic) bond motifs is 1. The zero-order valence-corrected chi connectivity index (χ0v) is 12.8. The van der Waals surface area contributed by atoms with Crippen LogP contribution in [-0.4, -0.2) is 9.97 Å². The first kappa shape index (κ1) is 14.2. The summed E-state index contributed by atoms with van der Waals surface area (Å²) in [6.45, 7) is 6.09. The van der Waals surface area contributed by atoms with Crippen molar-refractivity contribution in [3.8, 4) is 17.2 Å². The van der Waals surface area contributed by atoms with E-state index in [1.807, 2.05) is 63.4 Å². The van der Waals surface area contributed by atoms with Gasteiger partial charge in [-0.3, -0.25) is 4.79 Å². The van der Waals surface area contributed by atoms with E-state index in [1.54, 1.807) is 0 Å². The number of hydrogen-bond acceptors (Lipinski definition) is 2. The molecule has 4 heteroatoms. The lowest BCUT2D eigenvalue weighted by atomic mass is 9.89. The van der Waals surface area contributed by atoms with Crippen LogP contribution in [0.1, 0.15) is 32.0 Å². The predicted molar refractivity (Wildman–Crippen MR) is 87.8 cm³/mol. The number of nitrogens with zero attached hydrogens (tertiary/aromatic N) is 1. The largest absolute Gasteiger partial charge is 0.361 e. The Balaban J connectivity index is 2.37. The van der Waals surface area contributed by atoms with E-state index < -0.39 is 0 Å².